The molecule has 1 atom stereocenters. The van der Waals surface area contributed by atoms with E-state index in [1.165, 1.54) is 5.56 Å². The lowest BCUT2D eigenvalue weighted by molar-refractivity contribution is -0.121. The molecule has 3 rings (SSSR count). The Morgan fingerprint density at radius 3 is 2.77 bits per heavy atom. The second-order valence-electron chi connectivity index (χ2n) is 6.53. The van der Waals surface area contributed by atoms with Crippen LogP contribution in [0.15, 0.2) is 42.9 Å². The molecule has 6 heteroatoms. The number of carbonyl (C=O) groups excluding carboxylic acids is 1. The number of imidazole rings is 1. The van der Waals surface area contributed by atoms with Crippen LogP contribution in [-0.2, 0) is 4.79 Å². The number of anilines is 1. The van der Waals surface area contributed by atoms with Crippen LogP contribution in [0.2, 0.25) is 0 Å². The summed E-state index contributed by atoms with van der Waals surface area (Å²) in [5, 5.41) is 6.37. The summed E-state index contributed by atoms with van der Waals surface area (Å²) in [5.74, 6) is 0.932. The summed E-state index contributed by atoms with van der Waals surface area (Å²) in [5.41, 5.74) is 3.87. The fraction of sp³-hybridized carbons (Fsp3) is 0.350. The second-order valence-corrected chi connectivity index (χ2v) is 6.53. The summed E-state index contributed by atoms with van der Waals surface area (Å²) in [6.45, 7) is 6.67. The van der Waals surface area contributed by atoms with Crippen molar-refractivity contribution < 1.29 is 4.79 Å². The van der Waals surface area contributed by atoms with Gasteiger partial charge >= 0.3 is 0 Å². The van der Waals surface area contributed by atoms with Gasteiger partial charge in [0.1, 0.15) is 11.5 Å². The predicted octanol–water partition coefficient (Wildman–Crippen LogP) is 3.42. The Labute approximate surface area is 153 Å². The molecule has 0 saturated heterocycles. The highest BCUT2D eigenvalue weighted by Crippen LogP contribution is 2.28. The third-order valence-corrected chi connectivity index (χ3v) is 4.42. The zero-order chi connectivity index (χ0) is 18.5. The number of rotatable bonds is 7. The van der Waals surface area contributed by atoms with E-state index in [0.717, 1.165) is 29.1 Å². The molecule has 0 unspecified atom stereocenters. The highest BCUT2D eigenvalue weighted by atomic mass is 16.1. The van der Waals surface area contributed by atoms with Crippen LogP contribution in [0.3, 0.4) is 0 Å². The molecule has 0 radical (unpaired) electrons. The number of fused-ring (bicyclic) bond motifs is 1. The van der Waals surface area contributed by atoms with Gasteiger partial charge in [-0.1, -0.05) is 36.8 Å². The third-order valence-electron chi connectivity index (χ3n) is 4.42. The Balaban J connectivity index is 1.81. The van der Waals surface area contributed by atoms with E-state index in [1.807, 2.05) is 17.5 Å². The van der Waals surface area contributed by atoms with Crippen molar-refractivity contribution in [3.63, 3.8) is 0 Å². The first-order chi connectivity index (χ1) is 12.6. The van der Waals surface area contributed by atoms with Crippen LogP contribution in [0.4, 0.5) is 5.82 Å². The van der Waals surface area contributed by atoms with E-state index in [4.69, 9.17) is 4.98 Å². The van der Waals surface area contributed by atoms with Gasteiger partial charge in [0.2, 0.25) is 5.91 Å². The number of benzene rings is 1. The maximum absolute atomic E-state index is 12.0. The van der Waals surface area contributed by atoms with E-state index in [-0.39, 0.29) is 11.9 Å². The number of aromatic nitrogens is 3. The van der Waals surface area contributed by atoms with E-state index in [1.54, 1.807) is 12.4 Å². The van der Waals surface area contributed by atoms with Gasteiger partial charge in [-0.05, 0) is 20.3 Å². The van der Waals surface area contributed by atoms with Crippen molar-refractivity contribution in [2.75, 3.05) is 11.9 Å². The van der Waals surface area contributed by atoms with Crippen LogP contribution in [0.5, 0.6) is 0 Å². The summed E-state index contributed by atoms with van der Waals surface area (Å²) in [4.78, 5) is 20.9. The van der Waals surface area contributed by atoms with Gasteiger partial charge in [-0.15, -0.1) is 0 Å². The van der Waals surface area contributed by atoms with Gasteiger partial charge in [-0.3, -0.25) is 14.2 Å². The molecule has 0 bridgehead atoms. The Hall–Kier alpha value is -2.89. The molecule has 0 saturated carbocycles. The zero-order valence-electron chi connectivity index (χ0n) is 15.5. The van der Waals surface area contributed by atoms with E-state index in [2.05, 4.69) is 53.7 Å². The Morgan fingerprint density at radius 1 is 1.27 bits per heavy atom. The third kappa shape index (κ3) is 4.02. The topological polar surface area (TPSA) is 71.3 Å². The molecular weight excluding hydrogens is 326 g/mol. The SMILES string of the molecule is CC[C@H](C)NC(=O)CCNc1c(-c2ccc(C)cc2)nc2cnccn12. The summed E-state index contributed by atoms with van der Waals surface area (Å²) in [7, 11) is 0. The molecule has 2 heterocycles. The fourth-order valence-electron chi connectivity index (χ4n) is 2.73. The number of nitrogens with one attached hydrogen (secondary N) is 2. The molecule has 0 aliphatic rings. The van der Waals surface area contributed by atoms with E-state index < -0.39 is 0 Å². The molecule has 6 nitrogen and oxygen atoms in total. The van der Waals surface area contributed by atoms with Gasteiger partial charge in [0.05, 0.1) is 6.20 Å². The van der Waals surface area contributed by atoms with Crippen molar-refractivity contribution in [3.8, 4) is 11.3 Å². The van der Waals surface area contributed by atoms with Crippen LogP contribution in [0, 0.1) is 6.92 Å². The predicted molar refractivity (Wildman–Crippen MR) is 104 cm³/mol. The first-order valence-corrected chi connectivity index (χ1v) is 9.01. The molecular formula is C20H25N5O. The van der Waals surface area contributed by atoms with Crippen molar-refractivity contribution in [1.82, 2.24) is 19.7 Å². The highest BCUT2D eigenvalue weighted by molar-refractivity contribution is 5.78. The number of carbonyl (C=O) groups is 1. The minimum atomic E-state index is 0.0548. The first kappa shape index (κ1) is 17.9. The Kier molecular flexibility index (Phi) is 5.51. The zero-order valence-corrected chi connectivity index (χ0v) is 15.5. The minimum Gasteiger partial charge on any atom is -0.369 e. The number of hydrogen-bond donors (Lipinski definition) is 2. The van der Waals surface area contributed by atoms with Gasteiger partial charge in [0, 0.05) is 37.0 Å². The molecule has 0 spiro atoms. The van der Waals surface area contributed by atoms with Crippen molar-refractivity contribution in [2.45, 2.75) is 39.7 Å². The summed E-state index contributed by atoms with van der Waals surface area (Å²) in [6.07, 6.45) is 6.68. The molecule has 1 amide bonds. The van der Waals surface area contributed by atoms with Gasteiger partial charge in [-0.25, -0.2) is 4.98 Å². The monoisotopic (exact) mass is 351 g/mol. The van der Waals surface area contributed by atoms with Gasteiger partial charge < -0.3 is 10.6 Å². The van der Waals surface area contributed by atoms with E-state index in [0.29, 0.717) is 13.0 Å². The van der Waals surface area contributed by atoms with Crippen molar-refractivity contribution >= 4 is 17.4 Å². The maximum Gasteiger partial charge on any atom is 0.221 e. The minimum absolute atomic E-state index is 0.0548. The van der Waals surface area contributed by atoms with Gasteiger partial charge in [-0.2, -0.15) is 0 Å². The van der Waals surface area contributed by atoms with Crippen molar-refractivity contribution in [3.05, 3.63) is 48.4 Å². The van der Waals surface area contributed by atoms with Gasteiger partial charge in [0.25, 0.3) is 0 Å². The van der Waals surface area contributed by atoms with Gasteiger partial charge in [0.15, 0.2) is 5.65 Å². The Bertz CT molecular complexity index is 885. The van der Waals surface area contributed by atoms with Crippen LogP contribution in [0.1, 0.15) is 32.3 Å². The molecule has 26 heavy (non-hydrogen) atoms. The quantitative estimate of drug-likeness (QED) is 0.684. The van der Waals surface area contributed by atoms with Crippen molar-refractivity contribution in [2.24, 2.45) is 0 Å². The van der Waals surface area contributed by atoms with Crippen LogP contribution in [0.25, 0.3) is 16.9 Å². The van der Waals surface area contributed by atoms with E-state index >= 15 is 0 Å². The average molecular weight is 351 g/mol. The molecule has 3 aromatic rings. The second kappa shape index (κ2) is 7.99. The highest BCUT2D eigenvalue weighted by Gasteiger charge is 2.14. The largest absolute Gasteiger partial charge is 0.369 e. The number of aryl methyl sites for hydroxylation is 1. The molecule has 0 aliphatic carbocycles. The normalized spacial score (nSPS) is 12.1. The number of hydrogen-bond acceptors (Lipinski definition) is 4. The number of amides is 1. The van der Waals surface area contributed by atoms with E-state index in [9.17, 15) is 4.79 Å². The maximum atomic E-state index is 12.0. The molecule has 0 aliphatic heterocycles. The molecule has 1 aromatic carbocycles. The summed E-state index contributed by atoms with van der Waals surface area (Å²) >= 11 is 0. The molecule has 0 fully saturated rings. The van der Waals surface area contributed by atoms with Crippen molar-refractivity contribution in [1.29, 1.82) is 0 Å². The number of nitrogens with zero attached hydrogens (tertiary/aromatic N) is 3. The van der Waals surface area contributed by atoms with Crippen LogP contribution < -0.4 is 10.6 Å². The Morgan fingerprint density at radius 2 is 2.04 bits per heavy atom. The molecule has 2 N–H and O–H groups in total. The fourth-order valence-corrected chi connectivity index (χ4v) is 2.73. The summed E-state index contributed by atoms with van der Waals surface area (Å²) < 4.78 is 1.97. The lowest BCUT2D eigenvalue weighted by Gasteiger charge is -2.12. The molecule has 136 valence electrons. The lowest BCUT2D eigenvalue weighted by atomic mass is 10.1. The smallest absolute Gasteiger partial charge is 0.221 e. The average Bonchev–Trinajstić information content (AvgIpc) is 3.01. The summed E-state index contributed by atoms with van der Waals surface area (Å²) in [6, 6.07) is 8.46. The standard InChI is InChI=1S/C20H25N5O/c1-4-15(3)23-18(26)9-10-22-20-19(16-7-5-14(2)6-8-16)24-17-13-21-11-12-25(17)20/h5-8,11-13,15,22H,4,9-10H2,1-3H3,(H,23,26)/t15-/m0/s1. The lowest BCUT2D eigenvalue weighted by Crippen LogP contribution is -2.33. The van der Waals surface area contributed by atoms with Crippen LogP contribution in [-0.4, -0.2) is 32.9 Å². The molecule has 2 aromatic heterocycles. The van der Waals surface area contributed by atoms with Crippen LogP contribution >= 0.6 is 0 Å². The first-order valence-electron chi connectivity index (χ1n) is 9.01.